The van der Waals surface area contributed by atoms with Crippen LogP contribution < -0.4 is 30.8 Å². The van der Waals surface area contributed by atoms with Crippen molar-refractivity contribution in [3.63, 3.8) is 0 Å². The number of carbonyl (C=O) groups excluding carboxylic acids is 6. The van der Waals surface area contributed by atoms with Gasteiger partial charge in [-0.1, -0.05) is 140 Å². The molecule has 0 radical (unpaired) electrons. The number of aromatic hydroxyl groups is 1. The molecular weight excluding hydrogens is 1490 g/mol. The van der Waals surface area contributed by atoms with Crippen LogP contribution in [0.3, 0.4) is 0 Å². The van der Waals surface area contributed by atoms with Gasteiger partial charge in [0.15, 0.2) is 15.6 Å². The van der Waals surface area contributed by atoms with Gasteiger partial charge in [-0.05, 0) is 117 Å². The highest BCUT2D eigenvalue weighted by Gasteiger charge is 2.34. The lowest BCUT2D eigenvalue weighted by Crippen LogP contribution is -2.51. The zero-order valence-electron chi connectivity index (χ0n) is 65.1. The molecule has 25 nitrogen and oxygen atoms in total. The minimum absolute atomic E-state index is 0.0339. The normalized spacial score (nSPS) is 13.2. The van der Waals surface area contributed by atoms with Crippen molar-refractivity contribution in [2.45, 2.75) is 102 Å². The molecule has 0 spiro atoms. The molecule has 1 saturated heterocycles. The van der Waals surface area contributed by atoms with Crippen LogP contribution in [0.25, 0.3) is 44.3 Å². The number of phenols is 1. The summed E-state index contributed by atoms with van der Waals surface area (Å²) in [4.78, 5) is 93.2. The maximum Gasteiger partial charge on any atom is 0.254 e. The van der Waals surface area contributed by atoms with Crippen molar-refractivity contribution < 1.29 is 60.2 Å². The molecule has 4 heterocycles. The molecule has 0 bridgehead atoms. The molecule has 3 aliphatic rings. The summed E-state index contributed by atoms with van der Waals surface area (Å²) in [6, 6.07) is 56.5. The summed E-state index contributed by atoms with van der Waals surface area (Å²) >= 11 is 0. The SMILES string of the molecule is CCN(CC)c1ccc2c(-c3ccccc3C(=O)N3CCN(C(=O)CCC(=O)NCC(=O)N[C@@H](Cc4ccc(C(=O)c5ccccc5)cc4)C(=O)NCc4cn([C@@H](Cc5ccc(O)cc5)C(O)CN(CC(C)C)S(=O)(=O)c5ccccc5)nn4)CC3)c3ccc(=[N+](CC)CC)cc-3oc2c1.CS(=O)(=O)c1cccc2cccnc12. The van der Waals surface area contributed by atoms with E-state index < -0.39 is 62.3 Å². The summed E-state index contributed by atoms with van der Waals surface area (Å²) in [5.41, 5.74) is 7.79. The van der Waals surface area contributed by atoms with Crippen LogP contribution >= 0.6 is 0 Å². The van der Waals surface area contributed by atoms with Gasteiger partial charge >= 0.3 is 0 Å². The fourth-order valence-corrected chi connectivity index (χ4v) is 16.6. The number of aliphatic hydroxyl groups excluding tert-OH is 1. The fourth-order valence-electron chi connectivity index (χ4n) is 14.1. The number of hydrogen-bond donors (Lipinski definition) is 5. The predicted octanol–water partition coefficient (Wildman–Crippen LogP) is 9.75. The first-order valence-corrected chi connectivity index (χ1v) is 41.7. The number of piperazine rings is 1. The molecule has 1 fully saturated rings. The highest BCUT2D eigenvalue weighted by molar-refractivity contribution is 7.91. The van der Waals surface area contributed by atoms with Gasteiger partial charge in [-0.25, -0.2) is 26.1 Å². The topological polar surface area (TPSA) is 320 Å². The van der Waals surface area contributed by atoms with Crippen molar-refractivity contribution in [3.05, 3.63) is 251 Å². The van der Waals surface area contributed by atoms with Crippen LogP contribution in [0.4, 0.5) is 5.69 Å². The molecule has 1 unspecified atom stereocenters. The number of ketones is 1. The van der Waals surface area contributed by atoms with Gasteiger partial charge in [-0.15, -0.1) is 5.10 Å². The summed E-state index contributed by atoms with van der Waals surface area (Å²) in [7, 11) is -7.24. The summed E-state index contributed by atoms with van der Waals surface area (Å²) in [6.45, 7) is 15.7. The maximum absolute atomic E-state index is 14.7. The molecule has 2 aromatic heterocycles. The minimum atomic E-state index is -4.05. The summed E-state index contributed by atoms with van der Waals surface area (Å²) in [5.74, 6) is -1.92. The van der Waals surface area contributed by atoms with E-state index in [9.17, 15) is 55.8 Å². The summed E-state index contributed by atoms with van der Waals surface area (Å²) in [6.07, 6.45) is 2.71. The summed E-state index contributed by atoms with van der Waals surface area (Å²) in [5, 5.41) is 41.6. The van der Waals surface area contributed by atoms with E-state index in [1.165, 1.54) is 45.7 Å². The average Bonchev–Trinajstić information content (AvgIpc) is 0.773. The molecule has 0 saturated carbocycles. The lowest BCUT2D eigenvalue weighted by Gasteiger charge is -2.35. The second kappa shape index (κ2) is 38.2. The van der Waals surface area contributed by atoms with E-state index in [1.54, 1.807) is 113 Å². The number of nitrogens with zero attached hydrogens (tertiary/aromatic N) is 9. The van der Waals surface area contributed by atoms with Crippen LogP contribution in [0.5, 0.6) is 5.75 Å². The molecule has 1 aliphatic carbocycles. The van der Waals surface area contributed by atoms with E-state index >= 15 is 0 Å². The Labute approximate surface area is 664 Å². The zero-order valence-corrected chi connectivity index (χ0v) is 66.7. The van der Waals surface area contributed by atoms with Gasteiger partial charge in [-0.3, -0.25) is 33.8 Å². The Bertz CT molecular complexity index is 5490. The minimum Gasteiger partial charge on any atom is -0.508 e. The van der Waals surface area contributed by atoms with Crippen molar-refractivity contribution in [2.75, 3.05) is 83.1 Å². The highest BCUT2D eigenvalue weighted by Crippen LogP contribution is 2.43. The Balaban J connectivity index is 0.000000820. The Morgan fingerprint density at radius 1 is 0.649 bits per heavy atom. The number of pyridine rings is 1. The van der Waals surface area contributed by atoms with Gasteiger partial charge in [0, 0.05) is 140 Å². The third-order valence-electron chi connectivity index (χ3n) is 20.2. The van der Waals surface area contributed by atoms with Gasteiger partial charge in [0.2, 0.25) is 39.0 Å². The maximum atomic E-state index is 14.7. The van der Waals surface area contributed by atoms with Crippen LogP contribution in [0.1, 0.15) is 104 Å². The molecule has 3 atom stereocenters. The van der Waals surface area contributed by atoms with Crippen molar-refractivity contribution in [1.29, 1.82) is 0 Å². The molecule has 9 aromatic rings. The number of amides is 5. The van der Waals surface area contributed by atoms with Crippen LogP contribution in [-0.4, -0.2) is 187 Å². The van der Waals surface area contributed by atoms with Crippen molar-refractivity contribution in [1.82, 2.24) is 54.6 Å². The standard InChI is InChI=1S/C77H87N11O11S.C10H9NO2S/c1-7-83(8-2)58-31-35-64-69(45-58)99-70-46-59(84(9-3)10-4)32-36-65(70)74(64)62-23-17-18-24-63(62)77(96)86-41-39-85(40-42-86)73(93)38-37-71(91)78-48-72(92)80-66(43-53-25-29-56(30-26-53)75(94)55-19-13-11-14-20-55)76(95)79-47-57-50-88(82-81-57)67(44-54-27-33-60(89)34-28-54)68(90)51-87(49-52(5)6)100(97,98)61-21-15-12-16-22-61;1-14(12,13)9-6-2-4-8-5-3-7-11-10(8)9/h11-36,45-46,50,52,66-68,90H,7-10,37-44,47-49,51H2,1-6H3,(H3-,78,79,80,89,91,92,95);2-7H,1H3/p+1/t66-,67-,68?;/m0./s1. The van der Waals surface area contributed by atoms with E-state index in [-0.39, 0.29) is 116 Å². The Morgan fingerprint density at radius 3 is 1.98 bits per heavy atom. The summed E-state index contributed by atoms with van der Waals surface area (Å²) < 4.78 is 62.5. The number of aliphatic hydroxyl groups is 1. The van der Waals surface area contributed by atoms with Crippen LogP contribution in [0.15, 0.2) is 227 Å². The van der Waals surface area contributed by atoms with Crippen molar-refractivity contribution in [2.24, 2.45) is 5.92 Å². The number of nitrogens with one attached hydrogen (secondary N) is 3. The van der Waals surface area contributed by atoms with Gasteiger partial charge in [-0.2, -0.15) is 4.31 Å². The lowest BCUT2D eigenvalue weighted by molar-refractivity contribution is -0.135. The number of aromatic nitrogens is 4. The van der Waals surface area contributed by atoms with E-state index in [0.717, 1.165) is 64.7 Å². The Morgan fingerprint density at radius 2 is 1.30 bits per heavy atom. The second-order valence-corrected chi connectivity index (χ2v) is 32.4. The first kappa shape index (κ1) is 83.2. The molecule has 5 amide bonds. The first-order chi connectivity index (χ1) is 54.8. The highest BCUT2D eigenvalue weighted by atomic mass is 32.2. The number of anilines is 1. The quantitative estimate of drug-likeness (QED) is 0.0153. The predicted molar refractivity (Wildman–Crippen MR) is 438 cm³/mol. The van der Waals surface area contributed by atoms with Gasteiger partial charge in [0.05, 0.1) is 52.8 Å². The smallest absolute Gasteiger partial charge is 0.254 e. The first-order valence-electron chi connectivity index (χ1n) is 38.3. The van der Waals surface area contributed by atoms with Gasteiger partial charge in [0.25, 0.3) is 5.91 Å². The number of sulfone groups is 1. The molecule has 114 heavy (non-hydrogen) atoms. The van der Waals surface area contributed by atoms with E-state index in [2.05, 4.69) is 105 Å². The molecule has 2 aliphatic heterocycles. The molecule has 27 heteroatoms. The number of hydrogen-bond acceptors (Lipinski definition) is 17. The number of fused-ring (bicyclic) bond motifs is 3. The van der Waals surface area contributed by atoms with E-state index in [0.29, 0.717) is 44.7 Å². The largest absolute Gasteiger partial charge is 0.508 e. The third-order valence-corrected chi connectivity index (χ3v) is 23.1. The van der Waals surface area contributed by atoms with Crippen LogP contribution in [0, 0.1) is 5.92 Å². The third kappa shape index (κ3) is 20.7. The molecule has 594 valence electrons. The average molecular weight is 1580 g/mol. The fraction of sp³-hybridized carbons (Fsp3) is 0.310. The number of rotatable bonds is 31. The second-order valence-electron chi connectivity index (χ2n) is 28.4. The molecule has 7 aromatic carbocycles. The zero-order chi connectivity index (χ0) is 81.2. The van der Waals surface area contributed by atoms with E-state index in [1.807, 2.05) is 56.3 Å². The number of carbonyl (C=O) groups is 6. The Hall–Kier alpha value is -11.8. The number of phenolic OH excluding ortho intramolecular Hbond substituents is 1. The monoisotopic (exact) mass is 1580 g/mol. The number of sulfonamides is 1. The van der Waals surface area contributed by atoms with Crippen LogP contribution in [-0.2, 0) is 58.4 Å². The molecular formula is C87H97N12O13S2+. The number of para-hydroxylation sites is 1. The van der Waals surface area contributed by atoms with Gasteiger partial charge < -0.3 is 45.3 Å². The van der Waals surface area contributed by atoms with E-state index in [4.69, 9.17) is 4.42 Å². The lowest BCUT2D eigenvalue weighted by atomic mass is 9.90. The molecule has 12 rings (SSSR count). The molecule has 5 N–H and O–H groups in total. The van der Waals surface area contributed by atoms with Crippen molar-refractivity contribution >= 4 is 82.7 Å². The van der Waals surface area contributed by atoms with Crippen molar-refractivity contribution in [3.8, 4) is 28.2 Å². The number of benzene rings is 8. The van der Waals surface area contributed by atoms with Crippen LogP contribution in [0.2, 0.25) is 0 Å². The Kier molecular flexibility index (Phi) is 27.8. The van der Waals surface area contributed by atoms with Gasteiger partial charge in [0.1, 0.15) is 41.9 Å².